The molecular formula is C14H17N3O2. The van der Waals surface area contributed by atoms with Crippen LogP contribution in [-0.2, 0) is 4.74 Å². The van der Waals surface area contributed by atoms with Gasteiger partial charge in [-0.1, -0.05) is 12.2 Å². The Morgan fingerprint density at radius 1 is 1.58 bits per heavy atom. The third-order valence-electron chi connectivity index (χ3n) is 1.97. The summed E-state index contributed by atoms with van der Waals surface area (Å²) < 4.78 is 5.09. The van der Waals surface area contributed by atoms with Crippen molar-refractivity contribution in [1.29, 1.82) is 5.26 Å². The fourth-order valence-corrected chi connectivity index (χ4v) is 1.26. The molecule has 1 amide bonds. The first kappa shape index (κ1) is 14.7. The number of nitriles is 1. The molecule has 1 aromatic rings. The highest BCUT2D eigenvalue weighted by Crippen LogP contribution is 2.06. The average molecular weight is 259 g/mol. The number of hydrogen-bond donors (Lipinski definition) is 1. The van der Waals surface area contributed by atoms with Gasteiger partial charge in [-0.05, 0) is 38.5 Å². The Hall–Kier alpha value is -2.35. The van der Waals surface area contributed by atoms with Crippen molar-refractivity contribution in [3.8, 4) is 6.07 Å². The molecule has 0 aliphatic rings. The lowest BCUT2D eigenvalue weighted by Crippen LogP contribution is -2.32. The van der Waals surface area contributed by atoms with E-state index in [-0.39, 0.29) is 0 Å². The highest BCUT2D eigenvalue weighted by atomic mass is 16.6. The molecule has 19 heavy (non-hydrogen) atoms. The predicted molar refractivity (Wildman–Crippen MR) is 72.2 cm³/mol. The van der Waals surface area contributed by atoms with Gasteiger partial charge >= 0.3 is 6.09 Å². The molecule has 0 saturated carbocycles. The molecule has 100 valence electrons. The van der Waals surface area contributed by atoms with Crippen molar-refractivity contribution in [2.24, 2.45) is 0 Å². The van der Waals surface area contributed by atoms with Crippen molar-refractivity contribution >= 4 is 12.2 Å². The number of nitrogens with one attached hydrogen (secondary N) is 1. The van der Waals surface area contributed by atoms with E-state index in [1.807, 2.05) is 26.8 Å². The molecule has 0 fully saturated rings. The van der Waals surface area contributed by atoms with Crippen LogP contribution in [0.15, 0.2) is 24.4 Å². The second-order valence-corrected chi connectivity index (χ2v) is 4.87. The maximum atomic E-state index is 11.4. The normalized spacial score (nSPS) is 11.1. The largest absolute Gasteiger partial charge is 0.444 e. The molecule has 0 bridgehead atoms. The molecule has 5 heteroatoms. The van der Waals surface area contributed by atoms with E-state index in [9.17, 15) is 4.79 Å². The second-order valence-electron chi connectivity index (χ2n) is 4.87. The van der Waals surface area contributed by atoms with Crippen molar-refractivity contribution in [1.82, 2.24) is 10.3 Å². The number of rotatable bonds is 3. The lowest BCUT2D eigenvalue weighted by atomic mass is 10.2. The fourth-order valence-electron chi connectivity index (χ4n) is 1.26. The number of carbonyl (C=O) groups excluding carboxylic acids is 1. The van der Waals surface area contributed by atoms with Gasteiger partial charge in [0.25, 0.3) is 0 Å². The summed E-state index contributed by atoms with van der Waals surface area (Å²) in [5.41, 5.74) is 0.723. The van der Waals surface area contributed by atoms with Crippen LogP contribution in [0.2, 0.25) is 0 Å². The zero-order chi connectivity index (χ0) is 14.3. The van der Waals surface area contributed by atoms with Crippen LogP contribution in [-0.4, -0.2) is 23.2 Å². The van der Waals surface area contributed by atoms with Gasteiger partial charge in [-0.2, -0.15) is 5.26 Å². The summed E-state index contributed by atoms with van der Waals surface area (Å²) in [6.45, 7) is 5.79. The van der Waals surface area contributed by atoms with Crippen LogP contribution in [0.5, 0.6) is 0 Å². The Kier molecular flexibility index (Phi) is 5.07. The average Bonchev–Trinajstić information content (AvgIpc) is 2.33. The van der Waals surface area contributed by atoms with Gasteiger partial charge in [0.15, 0.2) is 0 Å². The minimum Gasteiger partial charge on any atom is -0.444 e. The summed E-state index contributed by atoms with van der Waals surface area (Å²) >= 11 is 0. The monoisotopic (exact) mass is 259 g/mol. The Bertz CT molecular complexity index is 510. The molecule has 1 aromatic heterocycles. The zero-order valence-corrected chi connectivity index (χ0v) is 11.3. The first-order chi connectivity index (χ1) is 8.90. The first-order valence-electron chi connectivity index (χ1n) is 5.90. The Balaban J connectivity index is 2.42. The topological polar surface area (TPSA) is 75.0 Å². The Morgan fingerprint density at radius 2 is 2.32 bits per heavy atom. The molecule has 1 N–H and O–H groups in total. The van der Waals surface area contributed by atoms with Gasteiger partial charge in [-0.25, -0.2) is 9.78 Å². The van der Waals surface area contributed by atoms with Gasteiger partial charge in [0.2, 0.25) is 0 Å². The highest BCUT2D eigenvalue weighted by Gasteiger charge is 2.14. The standard InChI is InChI=1S/C14H17N3O2/c1-14(2,3)19-13(18)17-7-4-5-11-6-8-16-12(9-11)10-15/h4-6,8-9H,7H2,1-3H3,(H,17,18). The fraction of sp³-hybridized carbons (Fsp3) is 0.357. The van der Waals surface area contributed by atoms with E-state index in [1.54, 1.807) is 30.5 Å². The van der Waals surface area contributed by atoms with Crippen molar-refractivity contribution < 1.29 is 9.53 Å². The molecule has 1 rings (SSSR count). The molecule has 0 saturated heterocycles. The van der Waals surface area contributed by atoms with Gasteiger partial charge in [0.1, 0.15) is 17.4 Å². The molecule has 0 aromatic carbocycles. The molecule has 0 atom stereocenters. The Labute approximate surface area is 112 Å². The molecule has 0 aliphatic carbocycles. The SMILES string of the molecule is CC(C)(C)OC(=O)NCC=Cc1ccnc(C#N)c1. The summed E-state index contributed by atoms with van der Waals surface area (Å²) in [4.78, 5) is 15.2. The molecule has 0 spiro atoms. The van der Waals surface area contributed by atoms with E-state index >= 15 is 0 Å². The number of hydrogen-bond acceptors (Lipinski definition) is 4. The maximum Gasteiger partial charge on any atom is 0.407 e. The number of carbonyl (C=O) groups is 1. The number of aromatic nitrogens is 1. The van der Waals surface area contributed by atoms with Crippen LogP contribution in [0.3, 0.4) is 0 Å². The minimum atomic E-state index is -0.499. The zero-order valence-electron chi connectivity index (χ0n) is 11.3. The smallest absolute Gasteiger partial charge is 0.407 e. The maximum absolute atomic E-state index is 11.4. The third-order valence-corrected chi connectivity index (χ3v) is 1.97. The minimum absolute atomic E-state index is 0.360. The van der Waals surface area contributed by atoms with Crippen LogP contribution in [0.4, 0.5) is 4.79 Å². The van der Waals surface area contributed by atoms with E-state index in [2.05, 4.69) is 10.3 Å². The Morgan fingerprint density at radius 3 is 2.95 bits per heavy atom. The van der Waals surface area contributed by atoms with Crippen molar-refractivity contribution in [3.63, 3.8) is 0 Å². The summed E-state index contributed by atoms with van der Waals surface area (Å²) in [6, 6.07) is 5.42. The number of ether oxygens (including phenoxy) is 1. The van der Waals surface area contributed by atoms with Crippen molar-refractivity contribution in [2.75, 3.05) is 6.54 Å². The van der Waals surface area contributed by atoms with E-state index in [1.165, 1.54) is 0 Å². The number of pyridine rings is 1. The first-order valence-corrected chi connectivity index (χ1v) is 5.90. The molecular weight excluding hydrogens is 242 g/mol. The van der Waals surface area contributed by atoms with Crippen LogP contribution in [0.25, 0.3) is 6.08 Å². The quantitative estimate of drug-likeness (QED) is 0.904. The molecule has 0 radical (unpaired) electrons. The van der Waals surface area contributed by atoms with Crippen LogP contribution in [0, 0.1) is 11.3 Å². The van der Waals surface area contributed by atoms with E-state index < -0.39 is 11.7 Å². The van der Waals surface area contributed by atoms with Gasteiger partial charge < -0.3 is 10.1 Å². The van der Waals surface area contributed by atoms with Crippen molar-refractivity contribution in [2.45, 2.75) is 26.4 Å². The molecule has 0 unspecified atom stereocenters. The van der Waals surface area contributed by atoms with Gasteiger partial charge in [-0.15, -0.1) is 0 Å². The molecule has 0 aliphatic heterocycles. The van der Waals surface area contributed by atoms with E-state index in [4.69, 9.17) is 10.00 Å². The third kappa shape index (κ3) is 6.22. The molecule has 5 nitrogen and oxygen atoms in total. The van der Waals surface area contributed by atoms with Gasteiger partial charge in [0.05, 0.1) is 0 Å². The second kappa shape index (κ2) is 6.55. The molecule has 1 heterocycles. The van der Waals surface area contributed by atoms with Gasteiger partial charge in [0, 0.05) is 12.7 Å². The van der Waals surface area contributed by atoms with E-state index in [0.29, 0.717) is 12.2 Å². The van der Waals surface area contributed by atoms with Crippen LogP contribution < -0.4 is 5.32 Å². The number of alkyl carbamates (subject to hydrolysis) is 1. The summed E-state index contributed by atoms with van der Waals surface area (Å²) in [7, 11) is 0. The van der Waals surface area contributed by atoms with Crippen molar-refractivity contribution in [3.05, 3.63) is 35.7 Å². The lowest BCUT2D eigenvalue weighted by molar-refractivity contribution is 0.0534. The highest BCUT2D eigenvalue weighted by molar-refractivity contribution is 5.68. The van der Waals surface area contributed by atoms with E-state index in [0.717, 1.165) is 5.56 Å². The van der Waals surface area contributed by atoms with Crippen LogP contribution in [0.1, 0.15) is 32.0 Å². The summed E-state index contributed by atoms with van der Waals surface area (Å²) in [5.74, 6) is 0. The number of nitrogens with zero attached hydrogens (tertiary/aromatic N) is 2. The summed E-state index contributed by atoms with van der Waals surface area (Å²) in [5, 5.41) is 11.3. The number of amides is 1. The van der Waals surface area contributed by atoms with Gasteiger partial charge in [-0.3, -0.25) is 0 Å². The predicted octanol–water partition coefficient (Wildman–Crippen LogP) is 2.49. The lowest BCUT2D eigenvalue weighted by Gasteiger charge is -2.19. The summed E-state index contributed by atoms with van der Waals surface area (Å²) in [6.07, 6.45) is 4.70. The van der Waals surface area contributed by atoms with Crippen LogP contribution >= 0.6 is 0 Å².